The van der Waals surface area contributed by atoms with E-state index >= 15 is 0 Å². The van der Waals surface area contributed by atoms with Crippen LogP contribution in [0.15, 0.2) is 29.6 Å². The third-order valence-electron chi connectivity index (χ3n) is 2.96. The van der Waals surface area contributed by atoms with E-state index in [1.807, 2.05) is 6.07 Å². The summed E-state index contributed by atoms with van der Waals surface area (Å²) in [5.41, 5.74) is 1.87. The lowest BCUT2D eigenvalue weighted by Gasteiger charge is -2.04. The molecule has 24 heavy (non-hydrogen) atoms. The Balaban J connectivity index is 2.01. The van der Waals surface area contributed by atoms with Crippen LogP contribution in [0, 0.1) is 0 Å². The normalized spacial score (nSPS) is 11.8. The second-order valence-corrected chi connectivity index (χ2v) is 7.29. The number of amides is 1. The first kappa shape index (κ1) is 18.3. The summed E-state index contributed by atoms with van der Waals surface area (Å²) in [5.74, 6) is -0.237. The fraction of sp³-hybridized carbons (Fsp3) is 0.312. The Kier molecular flexibility index (Phi) is 6.62. The number of hydrogen-bond donors (Lipinski definition) is 1. The summed E-state index contributed by atoms with van der Waals surface area (Å²) in [4.78, 5) is 27.9. The number of anilines is 1. The van der Waals surface area contributed by atoms with Crippen LogP contribution in [0.2, 0.25) is 0 Å². The lowest BCUT2D eigenvalue weighted by Crippen LogP contribution is -2.12. The Labute approximate surface area is 146 Å². The Morgan fingerprint density at radius 3 is 2.88 bits per heavy atom. The van der Waals surface area contributed by atoms with E-state index in [0.717, 1.165) is 5.56 Å². The molecule has 1 aromatic heterocycles. The Bertz CT molecular complexity index is 758. The van der Waals surface area contributed by atoms with Crippen molar-refractivity contribution in [3.8, 4) is 0 Å². The van der Waals surface area contributed by atoms with Crippen molar-refractivity contribution in [2.24, 2.45) is 0 Å². The van der Waals surface area contributed by atoms with E-state index in [4.69, 9.17) is 4.74 Å². The third kappa shape index (κ3) is 5.54. The number of nitrogens with one attached hydrogen (secondary N) is 1. The molecule has 2 rings (SSSR count). The largest absolute Gasteiger partial charge is 0.466 e. The number of rotatable bonds is 7. The summed E-state index contributed by atoms with van der Waals surface area (Å²) in [6.45, 7) is 2.07. The van der Waals surface area contributed by atoms with Gasteiger partial charge in [0.05, 0.1) is 18.7 Å². The highest BCUT2D eigenvalue weighted by atomic mass is 32.2. The fourth-order valence-corrected chi connectivity index (χ4v) is 3.37. The summed E-state index contributed by atoms with van der Waals surface area (Å²) in [6.07, 6.45) is 1.70. The van der Waals surface area contributed by atoms with Gasteiger partial charge in [-0.25, -0.2) is 4.98 Å². The van der Waals surface area contributed by atoms with Crippen LogP contribution in [0.3, 0.4) is 0 Å². The van der Waals surface area contributed by atoms with Crippen LogP contribution in [0.4, 0.5) is 5.13 Å². The van der Waals surface area contributed by atoms with Gasteiger partial charge >= 0.3 is 5.97 Å². The molecule has 1 aromatic carbocycles. The van der Waals surface area contributed by atoms with Crippen LogP contribution >= 0.6 is 11.3 Å². The number of benzene rings is 1. The molecule has 1 heterocycles. The quantitative estimate of drug-likeness (QED) is 0.761. The van der Waals surface area contributed by atoms with Crippen molar-refractivity contribution in [1.29, 1.82) is 0 Å². The van der Waals surface area contributed by atoms with E-state index in [9.17, 15) is 13.8 Å². The van der Waals surface area contributed by atoms with Crippen LogP contribution in [0.25, 0.3) is 0 Å². The fourth-order valence-electron chi connectivity index (χ4n) is 2.01. The van der Waals surface area contributed by atoms with Crippen molar-refractivity contribution < 1.29 is 18.5 Å². The Hall–Kier alpha value is -2.06. The van der Waals surface area contributed by atoms with Crippen molar-refractivity contribution in [3.63, 3.8) is 0 Å². The molecule has 8 heteroatoms. The molecule has 0 aliphatic rings. The monoisotopic (exact) mass is 366 g/mol. The third-order valence-corrected chi connectivity index (χ3v) is 4.51. The predicted molar refractivity (Wildman–Crippen MR) is 94.6 cm³/mol. The summed E-state index contributed by atoms with van der Waals surface area (Å²) in [7, 11) is -0.966. The number of esters is 1. The van der Waals surface area contributed by atoms with Crippen LogP contribution in [0.1, 0.15) is 28.5 Å². The zero-order valence-corrected chi connectivity index (χ0v) is 15.0. The molecule has 1 unspecified atom stereocenters. The lowest BCUT2D eigenvalue weighted by atomic mass is 10.1. The lowest BCUT2D eigenvalue weighted by molar-refractivity contribution is -0.142. The maximum Gasteiger partial charge on any atom is 0.311 e. The second kappa shape index (κ2) is 8.70. The van der Waals surface area contributed by atoms with Crippen LogP contribution in [-0.2, 0) is 32.5 Å². The minimum absolute atomic E-state index is 0.0814. The number of carbonyl (C=O) groups excluding carboxylic acids is 2. The molecule has 6 nitrogen and oxygen atoms in total. The zero-order valence-electron chi connectivity index (χ0n) is 13.4. The molecular weight excluding hydrogens is 348 g/mol. The molecule has 1 amide bonds. The molecule has 128 valence electrons. The van der Waals surface area contributed by atoms with Crippen molar-refractivity contribution in [2.75, 3.05) is 18.2 Å². The van der Waals surface area contributed by atoms with Gasteiger partial charge in [-0.3, -0.25) is 19.1 Å². The first-order chi connectivity index (χ1) is 11.5. The van der Waals surface area contributed by atoms with Gasteiger partial charge < -0.3 is 4.74 Å². The molecule has 0 aliphatic carbocycles. The highest BCUT2D eigenvalue weighted by Crippen LogP contribution is 2.18. The number of hydrogen-bond acceptors (Lipinski definition) is 6. The predicted octanol–water partition coefficient (Wildman–Crippen LogP) is 2.38. The van der Waals surface area contributed by atoms with Crippen LogP contribution in [-0.4, -0.2) is 33.9 Å². The summed E-state index contributed by atoms with van der Waals surface area (Å²) < 4.78 is 16.2. The second-order valence-electron chi connectivity index (χ2n) is 5.00. The van der Waals surface area contributed by atoms with Gasteiger partial charge in [-0.15, -0.1) is 11.3 Å². The van der Waals surface area contributed by atoms with Gasteiger partial charge in [-0.05, 0) is 24.6 Å². The van der Waals surface area contributed by atoms with E-state index in [1.165, 1.54) is 11.3 Å². The molecule has 2 aromatic rings. The van der Waals surface area contributed by atoms with E-state index < -0.39 is 10.8 Å². The topological polar surface area (TPSA) is 85.4 Å². The molecule has 0 saturated carbocycles. The number of carbonyl (C=O) groups is 2. The first-order valence-electron chi connectivity index (χ1n) is 7.28. The van der Waals surface area contributed by atoms with Crippen LogP contribution < -0.4 is 5.32 Å². The first-order valence-corrected chi connectivity index (χ1v) is 9.89. The van der Waals surface area contributed by atoms with Crippen LogP contribution in [0.5, 0.6) is 0 Å². The van der Waals surface area contributed by atoms with Gasteiger partial charge in [0.2, 0.25) is 0 Å². The molecule has 1 N–H and O–H groups in total. The van der Waals surface area contributed by atoms with E-state index in [-0.39, 0.29) is 18.3 Å². The molecule has 1 atom stereocenters. The van der Waals surface area contributed by atoms with Crippen molar-refractivity contribution in [3.05, 3.63) is 46.5 Å². The maximum absolute atomic E-state index is 12.3. The van der Waals surface area contributed by atoms with Crippen molar-refractivity contribution in [2.45, 2.75) is 19.1 Å². The Morgan fingerprint density at radius 1 is 1.38 bits per heavy atom. The smallest absolute Gasteiger partial charge is 0.311 e. The van der Waals surface area contributed by atoms with Gasteiger partial charge in [0.1, 0.15) is 0 Å². The van der Waals surface area contributed by atoms with E-state index in [0.29, 0.717) is 28.7 Å². The summed E-state index contributed by atoms with van der Waals surface area (Å²) in [6, 6.07) is 6.98. The average molecular weight is 366 g/mol. The SMILES string of the molecule is CCOC(=O)Cc1csc(NC(=O)c2cccc(CS(C)=O)c2)n1. The molecule has 0 fully saturated rings. The van der Waals surface area contributed by atoms with Gasteiger partial charge in [0.15, 0.2) is 5.13 Å². The van der Waals surface area contributed by atoms with Gasteiger partial charge in [0.25, 0.3) is 5.91 Å². The standard InChI is InChI=1S/C16H18N2O4S2/c1-3-22-14(19)8-13-9-23-16(17-13)18-15(20)12-6-4-5-11(7-12)10-24(2)21/h4-7,9H,3,8,10H2,1-2H3,(H,17,18,20). The van der Waals surface area contributed by atoms with E-state index in [1.54, 1.807) is 36.8 Å². The van der Waals surface area contributed by atoms with E-state index in [2.05, 4.69) is 10.3 Å². The highest BCUT2D eigenvalue weighted by molar-refractivity contribution is 7.83. The zero-order chi connectivity index (χ0) is 17.5. The average Bonchev–Trinajstić information content (AvgIpc) is 2.94. The summed E-state index contributed by atoms with van der Waals surface area (Å²) >= 11 is 1.25. The van der Waals surface area contributed by atoms with Gasteiger partial charge in [0, 0.05) is 33.8 Å². The molecule has 0 aliphatic heterocycles. The minimum atomic E-state index is -0.966. The number of nitrogens with zero attached hydrogens (tertiary/aromatic N) is 1. The molecular formula is C16H18N2O4S2. The molecule has 0 bridgehead atoms. The maximum atomic E-state index is 12.3. The number of ether oxygens (including phenoxy) is 1. The molecule has 0 radical (unpaired) electrons. The number of thiazole rings is 1. The van der Waals surface area contributed by atoms with Gasteiger partial charge in [-0.2, -0.15) is 0 Å². The number of aromatic nitrogens is 1. The minimum Gasteiger partial charge on any atom is -0.466 e. The van der Waals surface area contributed by atoms with Crippen molar-refractivity contribution in [1.82, 2.24) is 4.98 Å². The molecule has 0 saturated heterocycles. The van der Waals surface area contributed by atoms with Crippen molar-refractivity contribution >= 4 is 39.1 Å². The Morgan fingerprint density at radius 2 is 2.17 bits per heavy atom. The summed E-state index contributed by atoms with van der Waals surface area (Å²) in [5, 5.41) is 4.84. The molecule has 0 spiro atoms. The highest BCUT2D eigenvalue weighted by Gasteiger charge is 2.12. The van der Waals surface area contributed by atoms with Gasteiger partial charge in [-0.1, -0.05) is 12.1 Å².